The zero-order chi connectivity index (χ0) is 20.8. The standard InChI is InChI=1S/C21H31N5O3/c1-15(2)23-21(29)22-13-16-3-5-17(6-4-16)20(28)26-11-9-25(10-12-26)14-19(27)24-18-7-8-18/h3-6,15,18H,7-14H2,1-2H3,(H,24,27)(H2,22,23,29). The van der Waals surface area contributed by atoms with E-state index in [0.717, 1.165) is 18.4 Å². The maximum absolute atomic E-state index is 12.7. The van der Waals surface area contributed by atoms with Crippen molar-refractivity contribution in [1.82, 2.24) is 25.8 Å². The SMILES string of the molecule is CC(C)NC(=O)NCc1ccc(C(=O)N2CCN(CC(=O)NC3CC3)CC2)cc1. The molecule has 1 aromatic rings. The second-order valence-corrected chi connectivity index (χ2v) is 8.09. The highest BCUT2D eigenvalue weighted by molar-refractivity contribution is 5.94. The van der Waals surface area contributed by atoms with Crippen LogP contribution in [0.5, 0.6) is 0 Å². The first-order valence-corrected chi connectivity index (χ1v) is 10.3. The van der Waals surface area contributed by atoms with Crippen molar-refractivity contribution in [1.29, 1.82) is 0 Å². The van der Waals surface area contributed by atoms with Gasteiger partial charge in [0.2, 0.25) is 5.91 Å². The lowest BCUT2D eigenvalue weighted by Gasteiger charge is -2.34. The Morgan fingerprint density at radius 2 is 1.69 bits per heavy atom. The monoisotopic (exact) mass is 401 g/mol. The van der Waals surface area contributed by atoms with Crippen LogP contribution < -0.4 is 16.0 Å². The molecular formula is C21H31N5O3. The summed E-state index contributed by atoms with van der Waals surface area (Å²) in [4.78, 5) is 40.2. The van der Waals surface area contributed by atoms with Gasteiger partial charge in [-0.1, -0.05) is 12.1 Å². The van der Waals surface area contributed by atoms with Crippen molar-refractivity contribution < 1.29 is 14.4 Å². The molecule has 2 aliphatic rings. The minimum atomic E-state index is -0.205. The van der Waals surface area contributed by atoms with Crippen LogP contribution in [0.2, 0.25) is 0 Å². The third kappa shape index (κ3) is 6.74. The van der Waals surface area contributed by atoms with Crippen molar-refractivity contribution in [3.8, 4) is 0 Å². The lowest BCUT2D eigenvalue weighted by Crippen LogP contribution is -2.51. The van der Waals surface area contributed by atoms with E-state index in [0.29, 0.717) is 50.9 Å². The third-order valence-electron chi connectivity index (χ3n) is 5.04. The predicted octanol–water partition coefficient (Wildman–Crippen LogP) is 0.931. The van der Waals surface area contributed by atoms with E-state index < -0.39 is 0 Å². The minimum Gasteiger partial charge on any atom is -0.352 e. The Labute approximate surface area is 172 Å². The van der Waals surface area contributed by atoms with Gasteiger partial charge in [-0.15, -0.1) is 0 Å². The summed E-state index contributed by atoms with van der Waals surface area (Å²) in [6, 6.07) is 7.59. The molecule has 0 atom stereocenters. The van der Waals surface area contributed by atoms with Gasteiger partial charge in [-0.05, 0) is 44.4 Å². The molecule has 1 aliphatic carbocycles. The number of carbonyl (C=O) groups is 3. The molecule has 3 rings (SSSR count). The van der Waals surface area contributed by atoms with Crippen molar-refractivity contribution in [3.05, 3.63) is 35.4 Å². The fourth-order valence-electron chi connectivity index (χ4n) is 3.26. The second-order valence-electron chi connectivity index (χ2n) is 8.09. The largest absolute Gasteiger partial charge is 0.352 e. The van der Waals surface area contributed by atoms with Gasteiger partial charge in [0, 0.05) is 50.4 Å². The molecule has 8 nitrogen and oxygen atoms in total. The molecule has 29 heavy (non-hydrogen) atoms. The molecule has 0 radical (unpaired) electrons. The first kappa shape index (κ1) is 21.1. The molecule has 2 fully saturated rings. The highest BCUT2D eigenvalue weighted by Crippen LogP contribution is 2.18. The molecule has 1 aliphatic heterocycles. The number of nitrogens with zero attached hydrogens (tertiary/aromatic N) is 2. The van der Waals surface area contributed by atoms with Crippen molar-refractivity contribution in [3.63, 3.8) is 0 Å². The van der Waals surface area contributed by atoms with Gasteiger partial charge in [0.25, 0.3) is 5.91 Å². The van der Waals surface area contributed by atoms with Crippen LogP contribution in [0.1, 0.15) is 42.6 Å². The molecule has 0 spiro atoms. The lowest BCUT2D eigenvalue weighted by atomic mass is 10.1. The highest BCUT2D eigenvalue weighted by Gasteiger charge is 2.26. The average molecular weight is 402 g/mol. The average Bonchev–Trinajstić information content (AvgIpc) is 3.50. The molecule has 158 valence electrons. The summed E-state index contributed by atoms with van der Waals surface area (Å²) in [5.41, 5.74) is 1.58. The van der Waals surface area contributed by atoms with Crippen LogP contribution >= 0.6 is 0 Å². The molecular weight excluding hydrogens is 370 g/mol. The maximum atomic E-state index is 12.7. The normalized spacial score (nSPS) is 17.1. The zero-order valence-electron chi connectivity index (χ0n) is 17.2. The molecule has 0 aromatic heterocycles. The molecule has 0 unspecified atom stereocenters. The first-order valence-electron chi connectivity index (χ1n) is 10.3. The van der Waals surface area contributed by atoms with E-state index in [9.17, 15) is 14.4 Å². The van der Waals surface area contributed by atoms with Gasteiger partial charge < -0.3 is 20.9 Å². The van der Waals surface area contributed by atoms with E-state index in [1.165, 1.54) is 0 Å². The van der Waals surface area contributed by atoms with Crippen LogP contribution in [-0.4, -0.2) is 72.5 Å². The highest BCUT2D eigenvalue weighted by atomic mass is 16.2. The topological polar surface area (TPSA) is 93.8 Å². The summed E-state index contributed by atoms with van der Waals surface area (Å²) >= 11 is 0. The quantitative estimate of drug-likeness (QED) is 0.634. The molecule has 0 bridgehead atoms. The molecule has 4 amide bonds. The van der Waals surface area contributed by atoms with Crippen molar-refractivity contribution >= 4 is 17.8 Å². The van der Waals surface area contributed by atoms with Crippen LogP contribution in [0, 0.1) is 0 Å². The Balaban J connectivity index is 1.42. The van der Waals surface area contributed by atoms with Gasteiger partial charge in [0.15, 0.2) is 0 Å². The van der Waals surface area contributed by atoms with E-state index in [-0.39, 0.29) is 23.9 Å². The van der Waals surface area contributed by atoms with Gasteiger partial charge >= 0.3 is 6.03 Å². The Hall–Kier alpha value is -2.61. The molecule has 1 saturated heterocycles. The Kier molecular flexibility index (Phi) is 7.09. The fourth-order valence-corrected chi connectivity index (χ4v) is 3.26. The van der Waals surface area contributed by atoms with E-state index in [1.807, 2.05) is 30.9 Å². The third-order valence-corrected chi connectivity index (χ3v) is 5.04. The number of carbonyl (C=O) groups excluding carboxylic acids is 3. The number of nitrogens with one attached hydrogen (secondary N) is 3. The van der Waals surface area contributed by atoms with Crippen LogP contribution in [-0.2, 0) is 11.3 Å². The number of benzene rings is 1. The summed E-state index contributed by atoms with van der Waals surface area (Å²) in [5, 5.41) is 8.57. The summed E-state index contributed by atoms with van der Waals surface area (Å²) < 4.78 is 0. The van der Waals surface area contributed by atoms with Crippen molar-refractivity contribution in [2.24, 2.45) is 0 Å². The van der Waals surface area contributed by atoms with Crippen LogP contribution in [0.4, 0.5) is 4.79 Å². The van der Waals surface area contributed by atoms with E-state index in [2.05, 4.69) is 20.9 Å². The first-order chi connectivity index (χ1) is 13.9. The number of hydrogen-bond acceptors (Lipinski definition) is 4. The van der Waals surface area contributed by atoms with Gasteiger partial charge in [-0.25, -0.2) is 4.79 Å². The van der Waals surface area contributed by atoms with E-state index >= 15 is 0 Å². The minimum absolute atomic E-state index is 0.00384. The molecule has 3 N–H and O–H groups in total. The fraction of sp³-hybridized carbons (Fsp3) is 0.571. The van der Waals surface area contributed by atoms with Crippen molar-refractivity contribution in [2.45, 2.75) is 45.3 Å². The summed E-state index contributed by atoms with van der Waals surface area (Å²) in [5.74, 6) is 0.0858. The molecule has 1 heterocycles. The lowest BCUT2D eigenvalue weighted by molar-refractivity contribution is -0.122. The molecule has 1 saturated carbocycles. The number of piperazine rings is 1. The van der Waals surface area contributed by atoms with Crippen LogP contribution in [0.25, 0.3) is 0 Å². The van der Waals surface area contributed by atoms with Gasteiger partial charge in [-0.3, -0.25) is 14.5 Å². The molecule has 1 aromatic carbocycles. The van der Waals surface area contributed by atoms with E-state index in [1.54, 1.807) is 12.1 Å². The smallest absolute Gasteiger partial charge is 0.315 e. The second kappa shape index (κ2) is 9.73. The summed E-state index contributed by atoms with van der Waals surface area (Å²) in [6.45, 7) is 7.28. The Bertz CT molecular complexity index is 722. The molecule has 8 heteroatoms. The Morgan fingerprint density at radius 3 is 2.28 bits per heavy atom. The number of amides is 4. The van der Waals surface area contributed by atoms with Crippen molar-refractivity contribution in [2.75, 3.05) is 32.7 Å². The number of hydrogen-bond donors (Lipinski definition) is 3. The van der Waals surface area contributed by atoms with Gasteiger partial charge in [0.1, 0.15) is 0 Å². The van der Waals surface area contributed by atoms with Gasteiger partial charge in [0.05, 0.1) is 6.54 Å². The van der Waals surface area contributed by atoms with E-state index in [4.69, 9.17) is 0 Å². The maximum Gasteiger partial charge on any atom is 0.315 e. The zero-order valence-corrected chi connectivity index (χ0v) is 17.2. The van der Waals surface area contributed by atoms with Crippen LogP contribution in [0.15, 0.2) is 24.3 Å². The number of urea groups is 1. The predicted molar refractivity (Wildman–Crippen MR) is 110 cm³/mol. The Morgan fingerprint density at radius 1 is 1.03 bits per heavy atom. The summed E-state index contributed by atoms with van der Waals surface area (Å²) in [6.07, 6.45) is 2.18. The number of rotatable bonds is 7. The van der Waals surface area contributed by atoms with Gasteiger partial charge in [-0.2, -0.15) is 0 Å². The summed E-state index contributed by atoms with van der Waals surface area (Å²) in [7, 11) is 0. The van der Waals surface area contributed by atoms with Crippen LogP contribution in [0.3, 0.4) is 0 Å².